The van der Waals surface area contributed by atoms with E-state index in [0.717, 1.165) is 37.9 Å². The summed E-state index contributed by atoms with van der Waals surface area (Å²) >= 11 is 8.04. The van der Waals surface area contributed by atoms with Gasteiger partial charge < -0.3 is 19.9 Å². The Kier molecular flexibility index (Phi) is 23.1. The van der Waals surface area contributed by atoms with Crippen molar-refractivity contribution in [1.82, 2.24) is 10.2 Å². The molecule has 43 heavy (non-hydrogen) atoms. The van der Waals surface area contributed by atoms with Crippen LogP contribution in [0.2, 0.25) is 5.02 Å². The number of carbonyl (C=O) groups excluding carboxylic acids is 2. The lowest BCUT2D eigenvalue weighted by Crippen LogP contribution is -2.43. The summed E-state index contributed by atoms with van der Waals surface area (Å²) in [5.41, 5.74) is 1.66. The van der Waals surface area contributed by atoms with Crippen LogP contribution in [0.25, 0.3) is 0 Å². The number of allylic oxidation sites excluding steroid dienone is 3. The van der Waals surface area contributed by atoms with Crippen molar-refractivity contribution in [2.24, 2.45) is 4.99 Å². The first-order chi connectivity index (χ1) is 20.9. The fraction of sp³-hybridized carbons (Fsp3) is 0.469. The van der Waals surface area contributed by atoms with Crippen molar-refractivity contribution in [2.45, 2.75) is 53.5 Å². The Morgan fingerprint density at radius 2 is 1.95 bits per heavy atom. The molecule has 2 aliphatic rings. The molecule has 2 aliphatic heterocycles. The molecular formula is C32H47ClFN3O5S. The molecule has 8 nitrogen and oxygen atoms in total. The zero-order chi connectivity index (χ0) is 32.6. The van der Waals surface area contributed by atoms with Gasteiger partial charge in [-0.15, -0.1) is 0 Å². The van der Waals surface area contributed by atoms with E-state index in [2.05, 4.69) is 29.8 Å². The highest BCUT2D eigenvalue weighted by Gasteiger charge is 2.34. The highest BCUT2D eigenvalue weighted by Crippen LogP contribution is 2.38. The molecule has 240 valence electrons. The smallest absolute Gasteiger partial charge is 0.338 e. The van der Waals surface area contributed by atoms with Gasteiger partial charge in [0.2, 0.25) is 0 Å². The maximum absolute atomic E-state index is 13.9. The SMILES string of the molecule is C/C=C\S/C(=C/CCC)C1=N[C@@H](c2ccc(F)cc2Cl)C(C(=O)OCC)=C(CN2CCOCC2)N1.C=CC=O.CC.CO. The first-order valence-corrected chi connectivity index (χ1v) is 15.6. The van der Waals surface area contributed by atoms with Gasteiger partial charge in [-0.1, -0.05) is 75.4 Å². The number of morpholine rings is 1. The quantitative estimate of drug-likeness (QED) is 0.158. The van der Waals surface area contributed by atoms with Gasteiger partial charge >= 0.3 is 5.97 Å². The summed E-state index contributed by atoms with van der Waals surface area (Å²) in [4.78, 5) is 30.4. The number of thioether (sulfide) groups is 1. The molecule has 3 rings (SSSR count). The van der Waals surface area contributed by atoms with Crippen molar-refractivity contribution in [3.63, 3.8) is 0 Å². The zero-order valence-electron chi connectivity index (χ0n) is 26.2. The molecule has 1 atom stereocenters. The Hall–Kier alpha value is -2.76. The van der Waals surface area contributed by atoms with Gasteiger partial charge in [0.25, 0.3) is 0 Å². The summed E-state index contributed by atoms with van der Waals surface area (Å²) in [7, 11) is 1.00. The van der Waals surface area contributed by atoms with Crippen LogP contribution in [0.3, 0.4) is 0 Å². The van der Waals surface area contributed by atoms with Crippen molar-refractivity contribution < 1.29 is 28.6 Å². The third-order valence-corrected chi connectivity index (χ3v) is 6.99. The van der Waals surface area contributed by atoms with Crippen molar-refractivity contribution in [2.75, 3.05) is 46.6 Å². The molecule has 1 fully saturated rings. The van der Waals surface area contributed by atoms with Crippen molar-refractivity contribution in [1.29, 1.82) is 0 Å². The normalized spacial score (nSPS) is 16.7. The lowest BCUT2D eigenvalue weighted by atomic mass is 9.95. The number of nitrogens with one attached hydrogen (secondary N) is 1. The van der Waals surface area contributed by atoms with E-state index >= 15 is 0 Å². The summed E-state index contributed by atoms with van der Waals surface area (Å²) in [5, 5.41) is 12.7. The van der Waals surface area contributed by atoms with Gasteiger partial charge in [-0.05, 0) is 43.9 Å². The number of aliphatic hydroxyl groups is 1. The number of unbranched alkanes of at least 4 members (excludes halogenated alkanes) is 1. The van der Waals surface area contributed by atoms with Gasteiger partial charge in [-0.25, -0.2) is 9.18 Å². The number of aliphatic imine (C=N–C) groups is 1. The zero-order valence-corrected chi connectivity index (χ0v) is 27.8. The van der Waals surface area contributed by atoms with E-state index in [4.69, 9.17) is 36.0 Å². The van der Waals surface area contributed by atoms with Gasteiger partial charge in [0.1, 0.15) is 24.0 Å². The van der Waals surface area contributed by atoms with Crippen LogP contribution in [-0.2, 0) is 19.1 Å². The molecule has 2 N–H and O–H groups in total. The van der Waals surface area contributed by atoms with Crippen molar-refractivity contribution >= 4 is 41.5 Å². The molecular weight excluding hydrogens is 593 g/mol. The van der Waals surface area contributed by atoms with Crippen LogP contribution in [0, 0.1) is 5.82 Å². The first-order valence-electron chi connectivity index (χ1n) is 14.4. The number of esters is 1. The van der Waals surface area contributed by atoms with Crippen molar-refractivity contribution in [3.05, 3.63) is 81.0 Å². The van der Waals surface area contributed by atoms with E-state index < -0.39 is 17.8 Å². The largest absolute Gasteiger partial charge is 0.463 e. The van der Waals surface area contributed by atoms with Gasteiger partial charge in [-0.2, -0.15) is 0 Å². The summed E-state index contributed by atoms with van der Waals surface area (Å²) < 4.78 is 24.8. The number of hydrogen-bond donors (Lipinski definition) is 2. The van der Waals surface area contributed by atoms with E-state index in [1.165, 1.54) is 18.2 Å². The molecule has 0 aliphatic carbocycles. The van der Waals surface area contributed by atoms with E-state index in [-0.39, 0.29) is 11.6 Å². The second kappa shape index (κ2) is 24.7. The average molecular weight is 640 g/mol. The maximum Gasteiger partial charge on any atom is 0.338 e. The van der Waals surface area contributed by atoms with Crippen molar-refractivity contribution in [3.8, 4) is 0 Å². The van der Waals surface area contributed by atoms with Crippen LogP contribution < -0.4 is 5.32 Å². The highest BCUT2D eigenvalue weighted by atomic mass is 35.5. The van der Waals surface area contributed by atoms with Crippen LogP contribution in [0.5, 0.6) is 0 Å². The van der Waals surface area contributed by atoms with Crippen LogP contribution >= 0.6 is 23.4 Å². The molecule has 0 aromatic heterocycles. The third-order valence-electron chi connectivity index (χ3n) is 5.64. The lowest BCUT2D eigenvalue weighted by molar-refractivity contribution is -0.139. The minimum Gasteiger partial charge on any atom is -0.463 e. The molecule has 0 radical (unpaired) electrons. The Morgan fingerprint density at radius 3 is 2.49 bits per heavy atom. The second-order valence-electron chi connectivity index (χ2n) is 8.49. The highest BCUT2D eigenvalue weighted by molar-refractivity contribution is 8.06. The fourth-order valence-corrected chi connectivity index (χ4v) is 4.83. The molecule has 0 unspecified atom stereocenters. The minimum atomic E-state index is -0.731. The number of benzene rings is 1. The van der Waals surface area contributed by atoms with E-state index in [0.29, 0.717) is 48.7 Å². The van der Waals surface area contributed by atoms with E-state index in [9.17, 15) is 9.18 Å². The summed E-state index contributed by atoms with van der Waals surface area (Å²) in [5.74, 6) is -0.251. The summed E-state index contributed by atoms with van der Waals surface area (Å²) in [6, 6.07) is 3.45. The molecule has 0 amide bonds. The Morgan fingerprint density at radius 1 is 1.30 bits per heavy atom. The summed E-state index contributed by atoms with van der Waals surface area (Å²) in [6.45, 7) is 16.5. The molecule has 11 heteroatoms. The van der Waals surface area contributed by atoms with Crippen LogP contribution in [0.15, 0.2) is 69.6 Å². The predicted molar refractivity (Wildman–Crippen MR) is 177 cm³/mol. The number of hydrogen-bond acceptors (Lipinski definition) is 9. The first kappa shape index (κ1) is 40.2. The van der Waals surface area contributed by atoms with Gasteiger partial charge in [-0.3, -0.25) is 14.7 Å². The average Bonchev–Trinajstić information content (AvgIpc) is 3.03. The molecule has 2 heterocycles. The predicted octanol–water partition coefficient (Wildman–Crippen LogP) is 6.63. The molecule has 1 aromatic carbocycles. The number of rotatable bonds is 11. The van der Waals surface area contributed by atoms with E-state index in [1.807, 2.05) is 32.3 Å². The van der Waals surface area contributed by atoms with Gasteiger partial charge in [0, 0.05) is 47.9 Å². The molecule has 0 bridgehead atoms. The molecule has 0 spiro atoms. The lowest BCUT2D eigenvalue weighted by Gasteiger charge is -2.33. The standard InChI is InChI=1S/C26H33ClFN3O3S.C3H4O.C2H6.CH4O/c1-4-7-8-22(35-15-5-2)25-29-21(17-31-11-13-33-14-12-31)23(26(32)34-6-3)24(30-25)19-10-9-18(28)16-20(19)27;1-2-3-4;2*1-2/h5,8-10,15-16,24H,4,6-7,11-14,17H2,1-3H3,(H,29,30);2-3H,1H2;1-2H3;2H,1H3/b15-5-,22-8+;;;/t24-;;;/m0.../s1. The van der Waals surface area contributed by atoms with Gasteiger partial charge in [0.05, 0.1) is 25.4 Å². The van der Waals surface area contributed by atoms with Gasteiger partial charge in [0.15, 0.2) is 0 Å². The van der Waals surface area contributed by atoms with Crippen LogP contribution in [0.4, 0.5) is 4.39 Å². The van der Waals surface area contributed by atoms with Crippen LogP contribution in [-0.4, -0.2) is 74.7 Å². The number of nitrogens with zero attached hydrogens (tertiary/aromatic N) is 2. The second-order valence-corrected chi connectivity index (χ2v) is 9.84. The molecule has 0 saturated carbocycles. The maximum atomic E-state index is 13.9. The monoisotopic (exact) mass is 639 g/mol. The third kappa shape index (κ3) is 14.0. The number of aldehydes is 1. The topological polar surface area (TPSA) is 100 Å². The number of halogens is 2. The number of aliphatic hydroxyl groups excluding tert-OH is 1. The summed E-state index contributed by atoms with van der Waals surface area (Å²) in [6.07, 6.45) is 7.82. The Balaban J connectivity index is 0.00000200. The Labute approximate surface area is 265 Å². The molecule has 1 aromatic rings. The minimum absolute atomic E-state index is 0.215. The molecule has 1 saturated heterocycles. The van der Waals surface area contributed by atoms with Crippen LogP contribution in [0.1, 0.15) is 59.1 Å². The number of carbonyl (C=O) groups is 2. The Bertz CT molecular complexity index is 1110. The van der Waals surface area contributed by atoms with E-state index in [1.54, 1.807) is 24.8 Å². The fourth-order valence-electron chi connectivity index (χ4n) is 3.84. The number of ether oxygens (including phenoxy) is 2. The number of amidine groups is 1.